The number of carbonyl (C=O) groups excluding carboxylic acids is 1. The van der Waals surface area contributed by atoms with E-state index in [1.165, 1.54) is 13.2 Å². The molecule has 0 amide bonds. The Morgan fingerprint density at radius 2 is 2.11 bits per heavy atom. The fraction of sp³-hybridized carbons (Fsp3) is 0.500. The molecule has 2 N–H and O–H groups in total. The molecule has 0 saturated heterocycles. The number of benzene rings is 1. The van der Waals surface area contributed by atoms with Crippen molar-refractivity contribution in [3.63, 3.8) is 0 Å². The maximum atomic E-state index is 13.2. The van der Waals surface area contributed by atoms with Crippen molar-refractivity contribution in [2.24, 2.45) is 5.92 Å². The number of aliphatic hydroxyl groups is 1. The SMILES string of the molecule is CCCCC(C(=O)OC)C(O)c1cc(O)cc(F)c1. The lowest BCUT2D eigenvalue weighted by Crippen LogP contribution is -2.23. The van der Waals surface area contributed by atoms with Crippen molar-refractivity contribution in [1.29, 1.82) is 0 Å². The van der Waals surface area contributed by atoms with Crippen LogP contribution in [0.25, 0.3) is 0 Å². The number of ether oxygens (including phenoxy) is 1. The van der Waals surface area contributed by atoms with E-state index in [2.05, 4.69) is 4.74 Å². The third-order valence-electron chi connectivity index (χ3n) is 3.00. The van der Waals surface area contributed by atoms with Crippen molar-refractivity contribution in [2.75, 3.05) is 7.11 Å². The van der Waals surface area contributed by atoms with Crippen molar-refractivity contribution in [2.45, 2.75) is 32.3 Å². The molecular weight excluding hydrogens is 251 g/mol. The molecule has 0 aromatic heterocycles. The van der Waals surface area contributed by atoms with Crippen molar-refractivity contribution < 1.29 is 24.1 Å². The summed E-state index contributed by atoms with van der Waals surface area (Å²) in [4.78, 5) is 11.7. The number of phenols is 1. The zero-order chi connectivity index (χ0) is 14.4. The Morgan fingerprint density at radius 1 is 1.42 bits per heavy atom. The number of rotatable bonds is 6. The molecule has 0 aliphatic carbocycles. The van der Waals surface area contributed by atoms with Crippen LogP contribution >= 0.6 is 0 Å². The number of hydrogen-bond acceptors (Lipinski definition) is 4. The third-order valence-corrected chi connectivity index (χ3v) is 3.00. The molecular formula is C14H19FO4. The summed E-state index contributed by atoms with van der Waals surface area (Å²) in [5, 5.41) is 19.5. The van der Waals surface area contributed by atoms with Crippen LogP contribution in [0.4, 0.5) is 4.39 Å². The van der Waals surface area contributed by atoms with E-state index in [-0.39, 0.29) is 11.3 Å². The van der Waals surface area contributed by atoms with E-state index in [1.807, 2.05) is 6.92 Å². The van der Waals surface area contributed by atoms with Crippen LogP contribution in [0.2, 0.25) is 0 Å². The number of halogens is 1. The maximum absolute atomic E-state index is 13.2. The molecule has 0 heterocycles. The van der Waals surface area contributed by atoms with Crippen molar-refractivity contribution >= 4 is 5.97 Å². The summed E-state index contributed by atoms with van der Waals surface area (Å²) in [5.41, 5.74) is 0.170. The molecule has 0 aliphatic heterocycles. The fourth-order valence-corrected chi connectivity index (χ4v) is 1.98. The molecule has 4 nitrogen and oxygen atoms in total. The first-order valence-electron chi connectivity index (χ1n) is 6.25. The smallest absolute Gasteiger partial charge is 0.311 e. The second-order valence-corrected chi connectivity index (χ2v) is 4.46. The molecule has 19 heavy (non-hydrogen) atoms. The third kappa shape index (κ3) is 4.21. The van der Waals surface area contributed by atoms with Gasteiger partial charge in [0.1, 0.15) is 11.6 Å². The highest BCUT2D eigenvalue weighted by Crippen LogP contribution is 2.30. The van der Waals surface area contributed by atoms with Gasteiger partial charge >= 0.3 is 5.97 Å². The van der Waals surface area contributed by atoms with Crippen LogP contribution in [0.5, 0.6) is 5.75 Å². The van der Waals surface area contributed by atoms with Crippen LogP contribution in [0.3, 0.4) is 0 Å². The fourth-order valence-electron chi connectivity index (χ4n) is 1.98. The first-order valence-corrected chi connectivity index (χ1v) is 6.25. The minimum atomic E-state index is -1.19. The lowest BCUT2D eigenvalue weighted by atomic mass is 9.91. The van der Waals surface area contributed by atoms with Gasteiger partial charge in [0.25, 0.3) is 0 Å². The topological polar surface area (TPSA) is 66.8 Å². The Morgan fingerprint density at radius 3 is 2.63 bits per heavy atom. The summed E-state index contributed by atoms with van der Waals surface area (Å²) in [7, 11) is 1.25. The van der Waals surface area contributed by atoms with Gasteiger partial charge in [0.2, 0.25) is 0 Å². The Hall–Kier alpha value is -1.62. The van der Waals surface area contributed by atoms with E-state index < -0.39 is 23.8 Å². The molecule has 0 fully saturated rings. The molecule has 1 aromatic rings. The van der Waals surface area contributed by atoms with Gasteiger partial charge in [0.05, 0.1) is 19.1 Å². The van der Waals surface area contributed by atoms with Gasteiger partial charge in [-0.05, 0) is 24.1 Å². The lowest BCUT2D eigenvalue weighted by Gasteiger charge is -2.21. The van der Waals surface area contributed by atoms with E-state index in [4.69, 9.17) is 0 Å². The summed E-state index contributed by atoms with van der Waals surface area (Å²) in [6, 6.07) is 3.29. The zero-order valence-electron chi connectivity index (χ0n) is 11.1. The van der Waals surface area contributed by atoms with E-state index >= 15 is 0 Å². The minimum absolute atomic E-state index is 0.170. The van der Waals surface area contributed by atoms with Gasteiger partial charge in [0, 0.05) is 6.07 Å². The average Bonchev–Trinajstić information content (AvgIpc) is 2.37. The molecule has 0 saturated carbocycles. The second-order valence-electron chi connectivity index (χ2n) is 4.46. The lowest BCUT2D eigenvalue weighted by molar-refractivity contribution is -0.150. The predicted molar refractivity (Wildman–Crippen MR) is 68.1 cm³/mol. The molecule has 0 bridgehead atoms. The Balaban J connectivity index is 2.96. The second kappa shape index (κ2) is 7.09. The number of phenolic OH excluding ortho intramolecular Hbond substituents is 1. The summed E-state index contributed by atoms with van der Waals surface area (Å²) in [5.74, 6) is -2.24. The van der Waals surface area contributed by atoms with Crippen LogP contribution in [-0.4, -0.2) is 23.3 Å². The zero-order valence-corrected chi connectivity index (χ0v) is 11.1. The van der Waals surface area contributed by atoms with Crippen LogP contribution in [0, 0.1) is 11.7 Å². The Labute approximate surface area is 111 Å². The normalized spacial score (nSPS) is 13.9. The predicted octanol–water partition coefficient (Wildman–Crippen LogP) is 2.54. The first-order chi connectivity index (χ1) is 8.99. The summed E-state index contributed by atoms with van der Waals surface area (Å²) >= 11 is 0. The maximum Gasteiger partial charge on any atom is 0.311 e. The molecule has 2 unspecified atom stereocenters. The Kier molecular flexibility index (Phi) is 5.76. The number of aliphatic hydroxyl groups excluding tert-OH is 1. The van der Waals surface area contributed by atoms with Gasteiger partial charge < -0.3 is 14.9 Å². The van der Waals surface area contributed by atoms with Gasteiger partial charge in [-0.15, -0.1) is 0 Å². The molecule has 2 atom stereocenters. The van der Waals surface area contributed by atoms with Gasteiger partial charge in [-0.25, -0.2) is 4.39 Å². The summed E-state index contributed by atoms with van der Waals surface area (Å²) < 4.78 is 17.9. The van der Waals surface area contributed by atoms with Crippen molar-refractivity contribution in [3.8, 4) is 5.75 Å². The summed E-state index contributed by atoms with van der Waals surface area (Å²) in [6.45, 7) is 1.97. The van der Waals surface area contributed by atoms with Crippen LogP contribution in [0.15, 0.2) is 18.2 Å². The number of unbranched alkanes of at least 4 members (excludes halogenated alkanes) is 1. The molecule has 106 valence electrons. The van der Waals surface area contributed by atoms with E-state index in [0.29, 0.717) is 6.42 Å². The molecule has 0 aliphatic rings. The number of aromatic hydroxyl groups is 1. The standard InChI is InChI=1S/C14H19FO4/c1-3-4-5-12(14(18)19-2)13(17)9-6-10(15)8-11(16)7-9/h6-8,12-13,16-17H,3-5H2,1-2H3. The van der Waals surface area contributed by atoms with Crippen LogP contribution < -0.4 is 0 Å². The number of esters is 1. The number of methoxy groups -OCH3 is 1. The van der Waals surface area contributed by atoms with E-state index in [9.17, 15) is 19.4 Å². The van der Waals surface area contributed by atoms with Crippen LogP contribution in [0.1, 0.15) is 37.9 Å². The summed E-state index contributed by atoms with van der Waals surface area (Å²) in [6.07, 6.45) is 0.870. The highest BCUT2D eigenvalue weighted by Gasteiger charge is 2.28. The molecule has 1 aromatic carbocycles. The first kappa shape index (κ1) is 15.4. The highest BCUT2D eigenvalue weighted by molar-refractivity contribution is 5.73. The van der Waals surface area contributed by atoms with E-state index in [1.54, 1.807) is 0 Å². The molecule has 0 radical (unpaired) electrons. The largest absolute Gasteiger partial charge is 0.508 e. The minimum Gasteiger partial charge on any atom is -0.508 e. The van der Waals surface area contributed by atoms with Gasteiger partial charge in [0.15, 0.2) is 0 Å². The van der Waals surface area contributed by atoms with Crippen molar-refractivity contribution in [1.82, 2.24) is 0 Å². The van der Waals surface area contributed by atoms with Gasteiger partial charge in [-0.1, -0.05) is 19.8 Å². The average molecular weight is 270 g/mol. The number of carbonyl (C=O) groups is 1. The molecule has 1 rings (SSSR count). The quantitative estimate of drug-likeness (QED) is 0.780. The Bertz CT molecular complexity index is 413. The highest BCUT2D eigenvalue weighted by atomic mass is 19.1. The van der Waals surface area contributed by atoms with Crippen LogP contribution in [-0.2, 0) is 9.53 Å². The monoisotopic (exact) mass is 270 g/mol. The van der Waals surface area contributed by atoms with Crippen molar-refractivity contribution in [3.05, 3.63) is 29.6 Å². The molecule has 0 spiro atoms. The van der Waals surface area contributed by atoms with Gasteiger partial charge in [-0.3, -0.25) is 4.79 Å². The number of hydrogen-bond donors (Lipinski definition) is 2. The van der Waals surface area contributed by atoms with Gasteiger partial charge in [-0.2, -0.15) is 0 Å². The molecule has 5 heteroatoms. The van der Waals surface area contributed by atoms with E-state index in [0.717, 1.165) is 25.0 Å².